The normalized spacial score (nSPS) is 21.1. The van der Waals surface area contributed by atoms with Gasteiger partial charge in [-0.05, 0) is 37.8 Å². The van der Waals surface area contributed by atoms with Crippen molar-refractivity contribution >= 4 is 16.8 Å². The summed E-state index contributed by atoms with van der Waals surface area (Å²) in [5, 5.41) is 0.993. The molecule has 1 fully saturated rings. The highest BCUT2D eigenvalue weighted by Gasteiger charge is 2.29. The molecular weight excluding hydrogens is 276 g/mol. The Bertz CT molecular complexity index is 741. The van der Waals surface area contributed by atoms with Crippen molar-refractivity contribution in [3.8, 4) is 0 Å². The Labute approximate surface area is 130 Å². The SMILES string of the molecule is CC1CN(C(=O)c2c3c(nc4ccccc24)CCC3)CCO1. The first-order valence-corrected chi connectivity index (χ1v) is 8.05. The van der Waals surface area contributed by atoms with Crippen molar-refractivity contribution in [1.82, 2.24) is 9.88 Å². The Morgan fingerprint density at radius 2 is 2.18 bits per heavy atom. The van der Waals surface area contributed by atoms with E-state index in [1.165, 1.54) is 5.56 Å². The van der Waals surface area contributed by atoms with Crippen LogP contribution in [0.5, 0.6) is 0 Å². The zero-order valence-corrected chi connectivity index (χ0v) is 12.8. The van der Waals surface area contributed by atoms with E-state index in [0.29, 0.717) is 19.7 Å². The molecule has 1 atom stereocenters. The summed E-state index contributed by atoms with van der Waals surface area (Å²) in [6.07, 6.45) is 3.16. The molecule has 1 saturated heterocycles. The number of benzene rings is 1. The average Bonchev–Trinajstić information content (AvgIpc) is 2.99. The number of nitrogens with zero attached hydrogens (tertiary/aromatic N) is 2. The number of hydrogen-bond acceptors (Lipinski definition) is 3. The second kappa shape index (κ2) is 5.36. The number of rotatable bonds is 1. The topological polar surface area (TPSA) is 42.4 Å². The number of fused-ring (bicyclic) bond motifs is 2. The summed E-state index contributed by atoms with van der Waals surface area (Å²) in [6, 6.07) is 8.01. The van der Waals surface area contributed by atoms with Crippen LogP contribution in [-0.2, 0) is 17.6 Å². The third-order valence-corrected chi connectivity index (χ3v) is 4.66. The quantitative estimate of drug-likeness (QED) is 0.812. The molecule has 1 aliphatic carbocycles. The summed E-state index contributed by atoms with van der Waals surface area (Å²) in [6.45, 7) is 3.99. The molecule has 4 rings (SSSR count). The van der Waals surface area contributed by atoms with Crippen LogP contribution in [0.4, 0.5) is 0 Å². The van der Waals surface area contributed by atoms with Crippen LogP contribution in [0, 0.1) is 0 Å². The monoisotopic (exact) mass is 296 g/mol. The van der Waals surface area contributed by atoms with Gasteiger partial charge in [-0.25, -0.2) is 0 Å². The molecule has 1 amide bonds. The third-order valence-electron chi connectivity index (χ3n) is 4.66. The van der Waals surface area contributed by atoms with Gasteiger partial charge in [0.05, 0.1) is 23.8 Å². The van der Waals surface area contributed by atoms with E-state index in [2.05, 4.69) is 0 Å². The first-order chi connectivity index (χ1) is 10.7. The van der Waals surface area contributed by atoms with Gasteiger partial charge in [-0.3, -0.25) is 9.78 Å². The van der Waals surface area contributed by atoms with Gasteiger partial charge in [0.15, 0.2) is 0 Å². The maximum atomic E-state index is 13.2. The number of pyridine rings is 1. The summed E-state index contributed by atoms with van der Waals surface area (Å²) >= 11 is 0. The van der Waals surface area contributed by atoms with E-state index in [4.69, 9.17) is 9.72 Å². The van der Waals surface area contributed by atoms with Crippen molar-refractivity contribution < 1.29 is 9.53 Å². The molecule has 0 N–H and O–H groups in total. The standard InChI is InChI=1S/C18H20N2O2/c1-12-11-20(9-10-22-12)18(21)17-13-5-2-3-7-15(13)19-16-8-4-6-14(16)17/h2-3,5,7,12H,4,6,8-11H2,1H3. The van der Waals surface area contributed by atoms with Crippen molar-refractivity contribution in [3.63, 3.8) is 0 Å². The number of ether oxygens (including phenoxy) is 1. The molecule has 0 radical (unpaired) electrons. The van der Waals surface area contributed by atoms with Gasteiger partial charge in [0.25, 0.3) is 5.91 Å². The minimum absolute atomic E-state index is 0.110. The maximum Gasteiger partial charge on any atom is 0.255 e. The number of carbonyl (C=O) groups excluding carboxylic acids is 1. The lowest BCUT2D eigenvalue weighted by Crippen LogP contribution is -2.44. The van der Waals surface area contributed by atoms with Crippen molar-refractivity contribution in [2.75, 3.05) is 19.7 Å². The van der Waals surface area contributed by atoms with E-state index in [0.717, 1.165) is 41.4 Å². The second-order valence-corrected chi connectivity index (χ2v) is 6.22. The number of carbonyl (C=O) groups is 1. The second-order valence-electron chi connectivity index (χ2n) is 6.22. The van der Waals surface area contributed by atoms with Gasteiger partial charge in [0.1, 0.15) is 0 Å². The highest BCUT2D eigenvalue weighted by atomic mass is 16.5. The minimum atomic E-state index is 0.110. The van der Waals surface area contributed by atoms with Crippen molar-refractivity contribution in [3.05, 3.63) is 41.1 Å². The summed E-state index contributed by atoms with van der Waals surface area (Å²) in [7, 11) is 0. The molecule has 1 aliphatic heterocycles. The third kappa shape index (κ3) is 2.18. The lowest BCUT2D eigenvalue weighted by Gasteiger charge is -2.32. The highest BCUT2D eigenvalue weighted by molar-refractivity contribution is 6.07. The highest BCUT2D eigenvalue weighted by Crippen LogP contribution is 2.31. The van der Waals surface area contributed by atoms with Crippen LogP contribution in [0.25, 0.3) is 10.9 Å². The lowest BCUT2D eigenvalue weighted by atomic mass is 9.99. The van der Waals surface area contributed by atoms with E-state index in [1.54, 1.807) is 0 Å². The van der Waals surface area contributed by atoms with Crippen LogP contribution in [-0.4, -0.2) is 41.6 Å². The molecule has 1 aromatic carbocycles. The molecule has 0 bridgehead atoms. The predicted octanol–water partition coefficient (Wildman–Crippen LogP) is 2.58. The number of amides is 1. The summed E-state index contributed by atoms with van der Waals surface area (Å²) in [5.74, 6) is 0.145. The zero-order chi connectivity index (χ0) is 15.1. The fraction of sp³-hybridized carbons (Fsp3) is 0.444. The average molecular weight is 296 g/mol. The van der Waals surface area contributed by atoms with E-state index in [1.807, 2.05) is 36.1 Å². The summed E-state index contributed by atoms with van der Waals surface area (Å²) in [4.78, 5) is 19.9. The molecule has 2 aliphatic rings. The zero-order valence-electron chi connectivity index (χ0n) is 12.8. The molecular formula is C18H20N2O2. The smallest absolute Gasteiger partial charge is 0.255 e. The Morgan fingerprint density at radius 3 is 3.05 bits per heavy atom. The van der Waals surface area contributed by atoms with Gasteiger partial charge >= 0.3 is 0 Å². The lowest BCUT2D eigenvalue weighted by molar-refractivity contribution is -0.0123. The number of aromatic nitrogens is 1. The van der Waals surface area contributed by atoms with E-state index in [9.17, 15) is 4.79 Å². The first-order valence-electron chi connectivity index (χ1n) is 8.05. The van der Waals surface area contributed by atoms with Crippen LogP contribution in [0.3, 0.4) is 0 Å². The van der Waals surface area contributed by atoms with Crippen LogP contribution in [0.15, 0.2) is 24.3 Å². The van der Waals surface area contributed by atoms with Gasteiger partial charge in [-0.2, -0.15) is 0 Å². The fourth-order valence-electron chi connectivity index (χ4n) is 3.62. The Balaban J connectivity index is 1.84. The number of morpholine rings is 1. The van der Waals surface area contributed by atoms with Crippen LogP contribution in [0.2, 0.25) is 0 Å². The van der Waals surface area contributed by atoms with Crippen molar-refractivity contribution in [2.45, 2.75) is 32.3 Å². The van der Waals surface area contributed by atoms with Crippen LogP contribution < -0.4 is 0 Å². The largest absolute Gasteiger partial charge is 0.375 e. The van der Waals surface area contributed by atoms with Crippen molar-refractivity contribution in [2.24, 2.45) is 0 Å². The molecule has 4 nitrogen and oxygen atoms in total. The van der Waals surface area contributed by atoms with Gasteiger partial charge in [-0.15, -0.1) is 0 Å². The molecule has 4 heteroatoms. The molecule has 114 valence electrons. The van der Waals surface area contributed by atoms with Gasteiger partial charge < -0.3 is 9.64 Å². The molecule has 0 saturated carbocycles. The van der Waals surface area contributed by atoms with E-state index in [-0.39, 0.29) is 12.0 Å². The van der Waals surface area contributed by atoms with Crippen molar-refractivity contribution in [1.29, 1.82) is 0 Å². The number of hydrogen-bond donors (Lipinski definition) is 0. The van der Waals surface area contributed by atoms with E-state index >= 15 is 0 Å². The number of para-hydroxylation sites is 1. The Kier molecular flexibility index (Phi) is 3.34. The van der Waals surface area contributed by atoms with Gasteiger partial charge in [0.2, 0.25) is 0 Å². The van der Waals surface area contributed by atoms with E-state index < -0.39 is 0 Å². The fourth-order valence-corrected chi connectivity index (χ4v) is 3.62. The summed E-state index contributed by atoms with van der Waals surface area (Å²) < 4.78 is 5.57. The summed E-state index contributed by atoms with van der Waals surface area (Å²) in [5.41, 5.74) is 4.10. The maximum absolute atomic E-state index is 13.2. The molecule has 22 heavy (non-hydrogen) atoms. The van der Waals surface area contributed by atoms with Crippen LogP contribution in [0.1, 0.15) is 35.0 Å². The minimum Gasteiger partial charge on any atom is -0.375 e. The molecule has 2 aromatic rings. The van der Waals surface area contributed by atoms with Gasteiger partial charge in [-0.1, -0.05) is 18.2 Å². The first kappa shape index (κ1) is 13.7. The number of aryl methyl sites for hydroxylation is 1. The molecule has 1 unspecified atom stereocenters. The van der Waals surface area contributed by atoms with Gasteiger partial charge in [0, 0.05) is 24.2 Å². The molecule has 0 spiro atoms. The molecule has 1 aromatic heterocycles. The predicted molar refractivity (Wildman–Crippen MR) is 85.1 cm³/mol. The Hall–Kier alpha value is -1.94. The molecule has 2 heterocycles. The van der Waals surface area contributed by atoms with Crippen LogP contribution >= 0.6 is 0 Å². The Morgan fingerprint density at radius 1 is 1.32 bits per heavy atom.